The fourth-order valence-corrected chi connectivity index (χ4v) is 1.78. The van der Waals surface area contributed by atoms with Crippen LogP contribution in [-0.2, 0) is 9.53 Å². The summed E-state index contributed by atoms with van der Waals surface area (Å²) in [6.45, 7) is 4.24. The highest BCUT2D eigenvalue weighted by Gasteiger charge is 2.21. The van der Waals surface area contributed by atoms with Gasteiger partial charge in [0.15, 0.2) is 0 Å². The fourth-order valence-electron chi connectivity index (χ4n) is 1.78. The number of ether oxygens (including phenoxy) is 1. The second-order valence-electron chi connectivity index (χ2n) is 5.21. The van der Waals surface area contributed by atoms with Crippen LogP contribution in [0.2, 0.25) is 0 Å². The van der Waals surface area contributed by atoms with Gasteiger partial charge in [-0.2, -0.15) is 5.26 Å². The number of carbonyl (C=O) groups is 2. The number of alkyl carbamates (subject to hydrolysis) is 1. The molecule has 0 radical (unpaired) electrons. The molecule has 1 aromatic carbocycles. The molecule has 6 nitrogen and oxygen atoms in total. The van der Waals surface area contributed by atoms with Crippen LogP contribution < -0.4 is 10.6 Å². The largest absolute Gasteiger partial charge is 0.449 e. The first-order chi connectivity index (χ1) is 10.5. The summed E-state index contributed by atoms with van der Waals surface area (Å²) in [5.41, 5.74) is 0.766. The van der Waals surface area contributed by atoms with Gasteiger partial charge in [0.1, 0.15) is 6.54 Å². The van der Waals surface area contributed by atoms with Gasteiger partial charge in [-0.1, -0.05) is 44.2 Å². The van der Waals surface area contributed by atoms with Crippen LogP contribution in [0, 0.1) is 17.2 Å². The van der Waals surface area contributed by atoms with Crippen molar-refractivity contribution in [2.24, 2.45) is 5.92 Å². The monoisotopic (exact) mass is 303 g/mol. The summed E-state index contributed by atoms with van der Waals surface area (Å²) >= 11 is 0. The summed E-state index contributed by atoms with van der Waals surface area (Å²) in [7, 11) is 0. The highest BCUT2D eigenvalue weighted by molar-refractivity contribution is 5.84. The molecular formula is C16H21N3O3. The van der Waals surface area contributed by atoms with Gasteiger partial charge in [0, 0.05) is 6.54 Å². The molecule has 1 unspecified atom stereocenters. The van der Waals surface area contributed by atoms with Gasteiger partial charge in [0.25, 0.3) is 0 Å². The maximum Gasteiger partial charge on any atom is 0.407 e. The van der Waals surface area contributed by atoms with Crippen molar-refractivity contribution < 1.29 is 14.3 Å². The van der Waals surface area contributed by atoms with Gasteiger partial charge in [0.2, 0.25) is 5.91 Å². The molecular weight excluding hydrogens is 282 g/mol. The molecule has 0 bridgehead atoms. The zero-order valence-corrected chi connectivity index (χ0v) is 12.8. The maximum atomic E-state index is 12.1. The van der Waals surface area contributed by atoms with Crippen LogP contribution in [0.15, 0.2) is 30.3 Å². The SMILES string of the molecule is CC(C)COC(=O)NCC(C(=O)NCC#N)c1ccccc1. The molecule has 6 heteroatoms. The van der Waals surface area contributed by atoms with E-state index in [1.165, 1.54) is 0 Å². The van der Waals surface area contributed by atoms with Crippen molar-refractivity contribution in [1.29, 1.82) is 5.26 Å². The Labute approximate surface area is 130 Å². The molecule has 0 aliphatic rings. The predicted octanol–water partition coefficient (Wildman–Crippen LogP) is 1.79. The van der Waals surface area contributed by atoms with Crippen molar-refractivity contribution in [3.05, 3.63) is 35.9 Å². The molecule has 0 aliphatic carbocycles. The van der Waals surface area contributed by atoms with Gasteiger partial charge < -0.3 is 15.4 Å². The lowest BCUT2D eigenvalue weighted by Gasteiger charge is -2.17. The lowest BCUT2D eigenvalue weighted by molar-refractivity contribution is -0.122. The van der Waals surface area contributed by atoms with Gasteiger partial charge in [-0.25, -0.2) is 4.79 Å². The minimum absolute atomic E-state index is 0.0695. The smallest absolute Gasteiger partial charge is 0.407 e. The number of rotatable bonds is 7. The Hall–Kier alpha value is -2.55. The first kappa shape index (κ1) is 17.5. The summed E-state index contributed by atoms with van der Waals surface area (Å²) < 4.78 is 5.02. The van der Waals surface area contributed by atoms with E-state index in [1.54, 1.807) is 12.1 Å². The second-order valence-corrected chi connectivity index (χ2v) is 5.21. The van der Waals surface area contributed by atoms with Crippen LogP contribution in [0.4, 0.5) is 4.79 Å². The van der Waals surface area contributed by atoms with E-state index in [1.807, 2.05) is 38.1 Å². The van der Waals surface area contributed by atoms with Crippen molar-refractivity contribution in [3.8, 4) is 6.07 Å². The van der Waals surface area contributed by atoms with Gasteiger partial charge in [-0.3, -0.25) is 4.79 Å². The highest BCUT2D eigenvalue weighted by Crippen LogP contribution is 2.15. The van der Waals surface area contributed by atoms with Gasteiger partial charge in [-0.05, 0) is 11.5 Å². The molecule has 0 saturated carbocycles. The van der Waals surface area contributed by atoms with E-state index in [2.05, 4.69) is 10.6 Å². The molecule has 0 aromatic heterocycles. The number of benzene rings is 1. The number of hydrogen-bond donors (Lipinski definition) is 2. The van der Waals surface area contributed by atoms with Crippen LogP contribution in [0.25, 0.3) is 0 Å². The third-order valence-electron chi connectivity index (χ3n) is 2.86. The minimum atomic E-state index is -0.568. The van der Waals surface area contributed by atoms with Gasteiger partial charge in [0.05, 0.1) is 18.6 Å². The number of nitriles is 1. The van der Waals surface area contributed by atoms with Crippen LogP contribution in [0.3, 0.4) is 0 Å². The van der Waals surface area contributed by atoms with E-state index in [0.29, 0.717) is 6.61 Å². The summed E-state index contributed by atoms with van der Waals surface area (Å²) in [5.74, 6) is -0.632. The van der Waals surface area contributed by atoms with E-state index < -0.39 is 12.0 Å². The Morgan fingerprint density at radius 1 is 1.23 bits per heavy atom. The Bertz CT molecular complexity index is 523. The molecule has 22 heavy (non-hydrogen) atoms. The Morgan fingerprint density at radius 3 is 2.50 bits per heavy atom. The predicted molar refractivity (Wildman–Crippen MR) is 82.0 cm³/mol. The first-order valence-corrected chi connectivity index (χ1v) is 7.14. The van der Waals surface area contributed by atoms with Crippen molar-refractivity contribution >= 4 is 12.0 Å². The molecule has 0 fully saturated rings. The topological polar surface area (TPSA) is 91.2 Å². The number of amides is 2. The Morgan fingerprint density at radius 2 is 1.91 bits per heavy atom. The van der Waals surface area contributed by atoms with E-state index in [0.717, 1.165) is 5.56 Å². The van der Waals surface area contributed by atoms with Crippen molar-refractivity contribution in [2.45, 2.75) is 19.8 Å². The zero-order chi connectivity index (χ0) is 16.4. The lowest BCUT2D eigenvalue weighted by atomic mass is 9.98. The Kier molecular flexibility index (Phi) is 7.48. The lowest BCUT2D eigenvalue weighted by Crippen LogP contribution is -2.38. The highest BCUT2D eigenvalue weighted by atomic mass is 16.5. The molecule has 0 saturated heterocycles. The minimum Gasteiger partial charge on any atom is -0.449 e. The number of nitrogens with one attached hydrogen (secondary N) is 2. The summed E-state index contributed by atoms with van der Waals surface area (Å²) in [4.78, 5) is 23.7. The quantitative estimate of drug-likeness (QED) is 0.751. The molecule has 1 rings (SSSR count). The summed E-state index contributed by atoms with van der Waals surface area (Å²) in [6.07, 6.45) is -0.553. The molecule has 118 valence electrons. The van der Waals surface area contributed by atoms with E-state index in [-0.39, 0.29) is 24.9 Å². The number of hydrogen-bond acceptors (Lipinski definition) is 4. The van der Waals surface area contributed by atoms with Gasteiger partial charge in [-0.15, -0.1) is 0 Å². The Balaban J connectivity index is 2.65. The molecule has 0 aliphatic heterocycles. The first-order valence-electron chi connectivity index (χ1n) is 7.14. The van der Waals surface area contributed by atoms with Crippen LogP contribution in [-0.4, -0.2) is 31.7 Å². The van der Waals surface area contributed by atoms with Crippen LogP contribution in [0.1, 0.15) is 25.3 Å². The van der Waals surface area contributed by atoms with Gasteiger partial charge >= 0.3 is 6.09 Å². The summed E-state index contributed by atoms with van der Waals surface area (Å²) in [5, 5.41) is 13.7. The molecule has 1 aromatic rings. The standard InChI is InChI=1S/C16H21N3O3/c1-12(2)11-22-16(21)19-10-14(15(20)18-9-8-17)13-6-4-3-5-7-13/h3-7,12,14H,9-11H2,1-2H3,(H,18,20)(H,19,21). The second kappa shape index (κ2) is 9.40. The normalized spacial score (nSPS) is 11.4. The maximum absolute atomic E-state index is 12.1. The van der Waals surface area contributed by atoms with E-state index >= 15 is 0 Å². The van der Waals surface area contributed by atoms with Crippen molar-refractivity contribution in [1.82, 2.24) is 10.6 Å². The van der Waals surface area contributed by atoms with Crippen LogP contribution >= 0.6 is 0 Å². The fraction of sp³-hybridized carbons (Fsp3) is 0.438. The number of carbonyl (C=O) groups excluding carboxylic acids is 2. The number of nitrogens with zero attached hydrogens (tertiary/aromatic N) is 1. The molecule has 1 atom stereocenters. The van der Waals surface area contributed by atoms with Crippen molar-refractivity contribution in [2.75, 3.05) is 19.7 Å². The average molecular weight is 303 g/mol. The van der Waals surface area contributed by atoms with Crippen molar-refractivity contribution in [3.63, 3.8) is 0 Å². The summed E-state index contributed by atoms with van der Waals surface area (Å²) in [6, 6.07) is 10.9. The van der Waals surface area contributed by atoms with E-state index in [9.17, 15) is 9.59 Å². The molecule has 0 spiro atoms. The third-order valence-corrected chi connectivity index (χ3v) is 2.86. The van der Waals surface area contributed by atoms with E-state index in [4.69, 9.17) is 10.00 Å². The molecule has 0 heterocycles. The molecule has 2 amide bonds. The zero-order valence-electron chi connectivity index (χ0n) is 12.8. The van der Waals surface area contributed by atoms with Crippen LogP contribution in [0.5, 0.6) is 0 Å². The average Bonchev–Trinajstić information content (AvgIpc) is 2.52. The third kappa shape index (κ3) is 6.27. The molecule has 2 N–H and O–H groups in total.